The smallest absolute Gasteiger partial charge is 0.114 e. The number of nitrogens with zero attached hydrogens (tertiary/aromatic N) is 2. The van der Waals surface area contributed by atoms with Crippen LogP contribution in [0.3, 0.4) is 0 Å². The fraction of sp³-hybridized carbons (Fsp3) is 0.308. The average Bonchev–Trinajstić information content (AvgIpc) is 3.66. The minimum absolute atomic E-state index is 0.0243. The molecule has 4 heterocycles. The number of halogens is 2. The SMILES string of the molecule is F[C@@H]1CN[C@H](c2ncc(-c3ccc(-c4ccc(-c5cnc([C@@H]6C[C@H](F)CN6)s5)cc4)cc3)s2)C1. The van der Waals surface area contributed by atoms with Gasteiger partial charge in [-0.2, -0.15) is 0 Å². The average molecular weight is 495 g/mol. The first-order chi connectivity index (χ1) is 16.6. The number of thiazole rings is 2. The quantitative estimate of drug-likeness (QED) is 0.340. The molecule has 0 radical (unpaired) electrons. The van der Waals surface area contributed by atoms with Gasteiger partial charge in [0.15, 0.2) is 0 Å². The number of alkyl halides is 2. The number of benzene rings is 2. The normalized spacial score (nSPS) is 24.6. The van der Waals surface area contributed by atoms with Crippen molar-refractivity contribution in [3.05, 3.63) is 70.9 Å². The number of aromatic nitrogens is 2. The first kappa shape index (κ1) is 22.0. The van der Waals surface area contributed by atoms with Crippen molar-refractivity contribution in [1.29, 1.82) is 0 Å². The molecule has 4 aromatic rings. The van der Waals surface area contributed by atoms with Gasteiger partial charge in [0, 0.05) is 38.3 Å². The predicted octanol–water partition coefficient (Wildman–Crippen LogP) is 6.35. The van der Waals surface area contributed by atoms with Crippen molar-refractivity contribution in [2.45, 2.75) is 37.3 Å². The van der Waals surface area contributed by atoms with Crippen LogP contribution >= 0.6 is 22.7 Å². The summed E-state index contributed by atoms with van der Waals surface area (Å²) in [6.07, 6.45) is 3.20. The molecule has 174 valence electrons. The maximum absolute atomic E-state index is 13.5. The molecule has 2 saturated heterocycles. The highest BCUT2D eigenvalue weighted by atomic mass is 32.1. The van der Waals surface area contributed by atoms with Crippen LogP contribution in [-0.2, 0) is 0 Å². The van der Waals surface area contributed by atoms with Gasteiger partial charge in [0.2, 0.25) is 0 Å². The van der Waals surface area contributed by atoms with E-state index < -0.39 is 12.3 Å². The second-order valence-corrected chi connectivity index (χ2v) is 11.0. The molecule has 0 saturated carbocycles. The van der Waals surface area contributed by atoms with Gasteiger partial charge in [0.1, 0.15) is 22.4 Å². The highest BCUT2D eigenvalue weighted by molar-refractivity contribution is 7.15. The second-order valence-electron chi connectivity index (χ2n) is 8.87. The van der Waals surface area contributed by atoms with E-state index in [9.17, 15) is 8.78 Å². The van der Waals surface area contributed by atoms with Crippen LogP contribution in [-0.4, -0.2) is 35.4 Å². The van der Waals surface area contributed by atoms with Crippen LogP contribution in [0.25, 0.3) is 32.0 Å². The van der Waals surface area contributed by atoms with Crippen LogP contribution in [0.1, 0.15) is 34.9 Å². The lowest BCUT2D eigenvalue weighted by Gasteiger charge is -2.06. The molecule has 0 aliphatic carbocycles. The van der Waals surface area contributed by atoms with Crippen molar-refractivity contribution < 1.29 is 8.78 Å². The molecule has 2 aliphatic heterocycles. The summed E-state index contributed by atoms with van der Waals surface area (Å²) >= 11 is 3.25. The van der Waals surface area contributed by atoms with Gasteiger partial charge in [-0.3, -0.25) is 0 Å². The number of rotatable bonds is 5. The lowest BCUT2D eigenvalue weighted by Crippen LogP contribution is -2.13. The minimum Gasteiger partial charge on any atom is -0.305 e. The lowest BCUT2D eigenvalue weighted by molar-refractivity contribution is 0.355. The maximum atomic E-state index is 13.5. The Morgan fingerprint density at radius 2 is 1.00 bits per heavy atom. The van der Waals surface area contributed by atoms with Crippen molar-refractivity contribution in [2.75, 3.05) is 13.1 Å². The van der Waals surface area contributed by atoms with Crippen LogP contribution < -0.4 is 10.6 Å². The molecule has 34 heavy (non-hydrogen) atoms. The topological polar surface area (TPSA) is 49.8 Å². The summed E-state index contributed by atoms with van der Waals surface area (Å²) in [5, 5.41) is 8.31. The Bertz CT molecular complexity index is 1170. The monoisotopic (exact) mass is 494 g/mol. The summed E-state index contributed by atoms with van der Waals surface area (Å²) in [5.74, 6) is 0. The van der Waals surface area contributed by atoms with Gasteiger partial charge in [-0.25, -0.2) is 18.7 Å². The van der Waals surface area contributed by atoms with Crippen molar-refractivity contribution in [3.63, 3.8) is 0 Å². The molecule has 2 aliphatic rings. The Balaban J connectivity index is 1.15. The Morgan fingerprint density at radius 1 is 0.618 bits per heavy atom. The summed E-state index contributed by atoms with van der Waals surface area (Å²) in [4.78, 5) is 11.2. The summed E-state index contributed by atoms with van der Waals surface area (Å²) in [6.45, 7) is 0.822. The molecular formula is C26H24F2N4S2. The molecule has 4 nitrogen and oxygen atoms in total. The van der Waals surface area contributed by atoms with Crippen molar-refractivity contribution in [3.8, 4) is 32.0 Å². The van der Waals surface area contributed by atoms with Gasteiger partial charge in [0.05, 0.1) is 21.8 Å². The third-order valence-electron chi connectivity index (χ3n) is 6.47. The molecule has 2 fully saturated rings. The molecule has 2 N–H and O–H groups in total. The Kier molecular flexibility index (Phi) is 5.99. The van der Waals surface area contributed by atoms with E-state index in [1.807, 2.05) is 12.4 Å². The van der Waals surface area contributed by atoms with Crippen LogP contribution in [0.15, 0.2) is 60.9 Å². The van der Waals surface area contributed by atoms with E-state index in [1.54, 1.807) is 22.7 Å². The van der Waals surface area contributed by atoms with E-state index in [0.717, 1.165) is 42.0 Å². The third kappa shape index (κ3) is 4.43. The Morgan fingerprint density at radius 3 is 1.35 bits per heavy atom. The molecule has 0 unspecified atom stereocenters. The molecular weight excluding hydrogens is 470 g/mol. The highest BCUT2D eigenvalue weighted by Crippen LogP contribution is 2.36. The summed E-state index contributed by atoms with van der Waals surface area (Å²) in [5.41, 5.74) is 4.53. The van der Waals surface area contributed by atoms with Crippen molar-refractivity contribution in [2.24, 2.45) is 0 Å². The van der Waals surface area contributed by atoms with Gasteiger partial charge < -0.3 is 10.6 Å². The standard InChI is InChI=1S/C26H24F2N4S2/c27-19-9-21(29-11-19)25-31-13-23(33-25)17-5-1-15(2-6-17)16-3-7-18(8-4-16)24-14-32-26(34-24)22-10-20(28)12-30-22/h1-8,13-14,19-22,29-30H,9-12H2/t19-,20-,21-,22-/m0/s1. The van der Waals surface area contributed by atoms with Crippen molar-refractivity contribution >= 4 is 22.7 Å². The summed E-state index contributed by atoms with van der Waals surface area (Å²) in [7, 11) is 0. The molecule has 6 rings (SSSR count). The Labute approximate surface area is 205 Å². The van der Waals surface area contributed by atoms with Gasteiger partial charge in [0.25, 0.3) is 0 Å². The fourth-order valence-electron chi connectivity index (χ4n) is 4.58. The van der Waals surface area contributed by atoms with Crippen LogP contribution in [0.4, 0.5) is 8.78 Å². The molecule has 0 bridgehead atoms. The van der Waals surface area contributed by atoms with Gasteiger partial charge >= 0.3 is 0 Å². The second kappa shape index (κ2) is 9.26. The van der Waals surface area contributed by atoms with E-state index >= 15 is 0 Å². The predicted molar refractivity (Wildman–Crippen MR) is 135 cm³/mol. The fourth-order valence-corrected chi connectivity index (χ4v) is 6.60. The van der Waals surface area contributed by atoms with Gasteiger partial charge in [-0.1, -0.05) is 48.5 Å². The van der Waals surface area contributed by atoms with E-state index in [1.165, 1.54) is 0 Å². The molecule has 4 atom stereocenters. The highest BCUT2D eigenvalue weighted by Gasteiger charge is 2.28. The van der Waals surface area contributed by atoms with E-state index in [0.29, 0.717) is 25.9 Å². The zero-order chi connectivity index (χ0) is 23.1. The lowest BCUT2D eigenvalue weighted by atomic mass is 10.0. The zero-order valence-electron chi connectivity index (χ0n) is 18.4. The van der Waals surface area contributed by atoms with Crippen molar-refractivity contribution in [1.82, 2.24) is 20.6 Å². The molecule has 2 aromatic carbocycles. The molecule has 0 amide bonds. The third-order valence-corrected chi connectivity index (χ3v) is 8.79. The number of nitrogens with one attached hydrogen (secondary N) is 2. The zero-order valence-corrected chi connectivity index (χ0v) is 20.0. The van der Waals surface area contributed by atoms with Gasteiger partial charge in [-0.15, -0.1) is 22.7 Å². The van der Waals surface area contributed by atoms with E-state index in [-0.39, 0.29) is 12.1 Å². The summed E-state index contributed by atoms with van der Waals surface area (Å²) < 4.78 is 27.0. The molecule has 0 spiro atoms. The molecule has 8 heteroatoms. The minimum atomic E-state index is -0.783. The van der Waals surface area contributed by atoms with Gasteiger partial charge in [-0.05, 0) is 22.3 Å². The first-order valence-electron chi connectivity index (χ1n) is 11.5. The van der Waals surface area contributed by atoms with E-state index in [4.69, 9.17) is 0 Å². The first-order valence-corrected chi connectivity index (χ1v) is 13.1. The maximum Gasteiger partial charge on any atom is 0.114 e. The summed E-state index contributed by atoms with van der Waals surface area (Å²) in [6, 6.07) is 17.0. The largest absolute Gasteiger partial charge is 0.305 e. The van der Waals surface area contributed by atoms with Crippen LogP contribution in [0, 0.1) is 0 Å². The van der Waals surface area contributed by atoms with Crippen LogP contribution in [0.2, 0.25) is 0 Å². The molecule has 2 aromatic heterocycles. The number of hydrogen-bond donors (Lipinski definition) is 2. The Hall–Kier alpha value is -2.52. The van der Waals surface area contributed by atoms with E-state index in [2.05, 4.69) is 69.1 Å². The van der Waals surface area contributed by atoms with Crippen LogP contribution in [0.5, 0.6) is 0 Å². The number of hydrogen-bond acceptors (Lipinski definition) is 6.